The molecule has 0 amide bonds. The number of para-hydroxylation sites is 1. The average Bonchev–Trinajstić information content (AvgIpc) is 3.65. The summed E-state index contributed by atoms with van der Waals surface area (Å²) in [5, 5.41) is 5.27. The van der Waals surface area contributed by atoms with Crippen LogP contribution >= 0.6 is 11.3 Å². The smallest absolute Gasteiger partial charge is 0.0540 e. The highest BCUT2D eigenvalue weighted by atomic mass is 32.1. The summed E-state index contributed by atoms with van der Waals surface area (Å²) in [7, 11) is 0. The van der Waals surface area contributed by atoms with Crippen LogP contribution in [0.1, 0.15) is 0 Å². The summed E-state index contributed by atoms with van der Waals surface area (Å²) in [4.78, 5) is 2.39. The van der Waals surface area contributed by atoms with Crippen LogP contribution in [0.2, 0.25) is 0 Å². The van der Waals surface area contributed by atoms with E-state index in [2.05, 4.69) is 217 Å². The van der Waals surface area contributed by atoms with Crippen LogP contribution in [0.4, 0.5) is 17.1 Å². The van der Waals surface area contributed by atoms with Gasteiger partial charge in [-0.15, -0.1) is 11.3 Å². The summed E-state index contributed by atoms with van der Waals surface area (Å²) < 4.78 is 2.65. The summed E-state index contributed by atoms with van der Waals surface area (Å²) in [6.45, 7) is 0. The van der Waals surface area contributed by atoms with Crippen molar-refractivity contribution in [3.63, 3.8) is 0 Å². The summed E-state index contributed by atoms with van der Waals surface area (Å²) in [5.74, 6) is 0. The molecule has 0 saturated carbocycles. The first-order chi connectivity index (χ1) is 26.8. The molecule has 0 spiro atoms. The molecule has 0 aliphatic carbocycles. The van der Waals surface area contributed by atoms with Crippen molar-refractivity contribution >= 4 is 59.3 Å². The van der Waals surface area contributed by atoms with E-state index in [1.54, 1.807) is 0 Å². The van der Waals surface area contributed by atoms with Crippen molar-refractivity contribution in [3.8, 4) is 44.5 Å². The van der Waals surface area contributed by atoms with E-state index < -0.39 is 0 Å². The molecular formula is C52H35NS. The number of fused-ring (bicyclic) bond motifs is 5. The molecule has 1 heterocycles. The minimum Gasteiger partial charge on any atom is -0.310 e. The third-order valence-electron chi connectivity index (χ3n) is 10.5. The van der Waals surface area contributed by atoms with E-state index in [4.69, 9.17) is 0 Å². The van der Waals surface area contributed by atoms with E-state index in [1.807, 2.05) is 11.3 Å². The van der Waals surface area contributed by atoms with Gasteiger partial charge in [-0.3, -0.25) is 0 Å². The first-order valence-electron chi connectivity index (χ1n) is 18.4. The zero-order valence-corrected chi connectivity index (χ0v) is 30.4. The van der Waals surface area contributed by atoms with Gasteiger partial charge in [0.2, 0.25) is 0 Å². The molecule has 254 valence electrons. The minimum absolute atomic E-state index is 1.11. The fourth-order valence-corrected chi connectivity index (χ4v) is 9.09. The molecule has 10 aromatic rings. The van der Waals surface area contributed by atoms with Crippen LogP contribution in [0.15, 0.2) is 212 Å². The molecule has 2 heteroatoms. The van der Waals surface area contributed by atoms with E-state index >= 15 is 0 Å². The second-order valence-electron chi connectivity index (χ2n) is 13.7. The fourth-order valence-electron chi connectivity index (χ4n) is 7.83. The zero-order valence-electron chi connectivity index (χ0n) is 29.6. The third-order valence-corrected chi connectivity index (χ3v) is 11.7. The molecule has 1 nitrogen and oxygen atoms in total. The summed E-state index contributed by atoms with van der Waals surface area (Å²) in [6.07, 6.45) is 0. The van der Waals surface area contributed by atoms with Crippen LogP contribution < -0.4 is 4.90 Å². The van der Waals surface area contributed by atoms with Gasteiger partial charge in [0.1, 0.15) is 0 Å². The van der Waals surface area contributed by atoms with Gasteiger partial charge in [0.15, 0.2) is 0 Å². The molecule has 0 atom stereocenters. The Morgan fingerprint density at radius 3 is 1.48 bits per heavy atom. The quantitative estimate of drug-likeness (QED) is 0.160. The van der Waals surface area contributed by atoms with Gasteiger partial charge in [0.05, 0.1) is 5.69 Å². The maximum atomic E-state index is 2.39. The number of hydrogen-bond acceptors (Lipinski definition) is 2. The van der Waals surface area contributed by atoms with Crippen molar-refractivity contribution in [2.75, 3.05) is 4.90 Å². The Bertz CT molecular complexity index is 2890. The molecular weight excluding hydrogens is 671 g/mol. The Morgan fingerprint density at radius 1 is 0.315 bits per heavy atom. The van der Waals surface area contributed by atoms with E-state index in [0.717, 1.165) is 17.1 Å². The lowest BCUT2D eigenvalue weighted by Crippen LogP contribution is -2.11. The summed E-state index contributed by atoms with van der Waals surface area (Å²) in [6, 6.07) is 76.9. The number of thiophene rings is 1. The van der Waals surface area contributed by atoms with Gasteiger partial charge in [-0.1, -0.05) is 176 Å². The highest BCUT2D eigenvalue weighted by molar-refractivity contribution is 7.26. The number of benzene rings is 9. The molecule has 0 aliphatic rings. The first-order valence-corrected chi connectivity index (χ1v) is 19.2. The van der Waals surface area contributed by atoms with Crippen LogP contribution in [0.3, 0.4) is 0 Å². The van der Waals surface area contributed by atoms with Crippen LogP contribution in [-0.2, 0) is 0 Å². The van der Waals surface area contributed by atoms with Gasteiger partial charge < -0.3 is 4.90 Å². The standard InChI is InChI=1S/C52H35NS/c1-3-12-36(13-4-1)38-22-24-41(25-23-38)45-17-9-10-21-49(45)53(43-31-26-39(27-32-43)37-14-5-2-6-15-37)44-33-28-42(29-34-44)47-19-11-20-48-51-46-18-8-7-16-40(46)30-35-50(51)54-52(47)48/h1-35H. The van der Waals surface area contributed by atoms with Crippen LogP contribution in [0.25, 0.3) is 75.5 Å². The van der Waals surface area contributed by atoms with Crippen molar-refractivity contribution in [1.82, 2.24) is 0 Å². The predicted octanol–water partition coefficient (Wildman–Crippen LogP) is 15.3. The lowest BCUT2D eigenvalue weighted by molar-refractivity contribution is 1.28. The number of rotatable bonds is 7. The number of nitrogens with zero attached hydrogens (tertiary/aromatic N) is 1. The number of hydrogen-bond donors (Lipinski definition) is 0. The molecule has 1 aromatic heterocycles. The maximum absolute atomic E-state index is 2.39. The van der Waals surface area contributed by atoms with Crippen LogP contribution in [-0.4, -0.2) is 0 Å². The molecule has 0 saturated heterocycles. The fraction of sp³-hybridized carbons (Fsp3) is 0. The third kappa shape index (κ3) is 5.74. The van der Waals surface area contributed by atoms with Gasteiger partial charge in [-0.05, 0) is 86.1 Å². The Hall–Kier alpha value is -6.74. The second kappa shape index (κ2) is 13.7. The van der Waals surface area contributed by atoms with Crippen LogP contribution in [0.5, 0.6) is 0 Å². The van der Waals surface area contributed by atoms with Crippen molar-refractivity contribution in [2.45, 2.75) is 0 Å². The van der Waals surface area contributed by atoms with Crippen molar-refractivity contribution in [2.24, 2.45) is 0 Å². The molecule has 0 radical (unpaired) electrons. The molecule has 0 bridgehead atoms. The lowest BCUT2D eigenvalue weighted by Gasteiger charge is -2.28. The Kier molecular flexibility index (Phi) is 8.09. The number of anilines is 3. The van der Waals surface area contributed by atoms with E-state index in [0.29, 0.717) is 0 Å². The highest BCUT2D eigenvalue weighted by Gasteiger charge is 2.19. The molecule has 0 unspecified atom stereocenters. The van der Waals surface area contributed by atoms with E-state index in [1.165, 1.54) is 75.5 Å². The van der Waals surface area contributed by atoms with E-state index in [-0.39, 0.29) is 0 Å². The van der Waals surface area contributed by atoms with Crippen molar-refractivity contribution in [1.29, 1.82) is 0 Å². The minimum atomic E-state index is 1.11. The molecule has 0 aliphatic heterocycles. The molecule has 54 heavy (non-hydrogen) atoms. The SMILES string of the molecule is c1ccc(-c2ccc(-c3ccccc3N(c3ccc(-c4ccccc4)cc3)c3ccc(-c4cccc5c4sc4ccc6ccccc6c45)cc3)cc2)cc1. The Balaban J connectivity index is 1.08. The first kappa shape index (κ1) is 32.0. The van der Waals surface area contributed by atoms with Gasteiger partial charge in [0, 0.05) is 37.1 Å². The second-order valence-corrected chi connectivity index (χ2v) is 14.8. The molecule has 10 rings (SSSR count). The van der Waals surface area contributed by atoms with Gasteiger partial charge in [-0.25, -0.2) is 0 Å². The largest absolute Gasteiger partial charge is 0.310 e. The lowest BCUT2D eigenvalue weighted by atomic mass is 9.97. The van der Waals surface area contributed by atoms with E-state index in [9.17, 15) is 0 Å². The summed E-state index contributed by atoms with van der Waals surface area (Å²) in [5.41, 5.74) is 13.0. The van der Waals surface area contributed by atoms with Crippen molar-refractivity contribution < 1.29 is 0 Å². The zero-order chi connectivity index (χ0) is 35.8. The molecule has 9 aromatic carbocycles. The topological polar surface area (TPSA) is 3.24 Å². The predicted molar refractivity (Wildman–Crippen MR) is 233 cm³/mol. The van der Waals surface area contributed by atoms with Gasteiger partial charge in [-0.2, -0.15) is 0 Å². The molecule has 0 N–H and O–H groups in total. The van der Waals surface area contributed by atoms with Crippen molar-refractivity contribution in [3.05, 3.63) is 212 Å². The average molecular weight is 706 g/mol. The highest BCUT2D eigenvalue weighted by Crippen LogP contribution is 2.45. The van der Waals surface area contributed by atoms with Crippen LogP contribution in [0, 0.1) is 0 Å². The Labute approximate surface area is 319 Å². The molecule has 0 fully saturated rings. The summed E-state index contributed by atoms with van der Waals surface area (Å²) >= 11 is 1.89. The Morgan fingerprint density at radius 2 is 0.796 bits per heavy atom. The maximum Gasteiger partial charge on any atom is 0.0540 e. The normalized spacial score (nSPS) is 11.3. The van der Waals surface area contributed by atoms with Gasteiger partial charge >= 0.3 is 0 Å². The van der Waals surface area contributed by atoms with Gasteiger partial charge in [0.25, 0.3) is 0 Å². The monoisotopic (exact) mass is 705 g/mol.